The van der Waals surface area contributed by atoms with Crippen molar-refractivity contribution in [3.05, 3.63) is 77.8 Å². The van der Waals surface area contributed by atoms with Gasteiger partial charge in [0.15, 0.2) is 0 Å². The van der Waals surface area contributed by atoms with Crippen molar-refractivity contribution in [1.29, 1.82) is 0 Å². The Morgan fingerprint density at radius 3 is 2.44 bits per heavy atom. The molecule has 2 aromatic carbocycles. The van der Waals surface area contributed by atoms with Gasteiger partial charge in [-0.3, -0.25) is 0 Å². The number of nitrogens with two attached hydrogens (primary N) is 1. The fraction of sp³-hybridized carbons (Fsp3) is 0.484. The average molecular weight is 570 g/mol. The molecule has 2 N–H and O–H groups in total. The van der Waals surface area contributed by atoms with Crippen molar-refractivity contribution in [2.75, 3.05) is 46.6 Å². The van der Waals surface area contributed by atoms with E-state index >= 15 is 0 Å². The molecule has 0 bridgehead atoms. The maximum Gasteiger partial charge on any atom is 0.320 e. The Morgan fingerprint density at radius 2 is 1.80 bits per heavy atom. The van der Waals surface area contributed by atoms with Crippen molar-refractivity contribution in [3.63, 3.8) is 0 Å². The van der Waals surface area contributed by atoms with Crippen LogP contribution in [0, 0.1) is 17.0 Å². The molecule has 0 aliphatic carbocycles. The van der Waals surface area contributed by atoms with E-state index in [4.69, 9.17) is 20.2 Å². The molecule has 0 radical (unpaired) electrons. The molecule has 41 heavy (non-hydrogen) atoms. The Labute approximate surface area is 241 Å². The van der Waals surface area contributed by atoms with Crippen molar-refractivity contribution < 1.29 is 23.0 Å². The lowest BCUT2D eigenvalue weighted by Gasteiger charge is -2.43. The molecule has 2 atom stereocenters. The molecule has 3 aromatic rings. The van der Waals surface area contributed by atoms with Gasteiger partial charge < -0.3 is 29.6 Å². The number of ether oxygens (including phenoxy) is 2. The molecule has 1 aromatic heterocycles. The number of benzene rings is 2. The first-order valence-corrected chi connectivity index (χ1v) is 14.0. The minimum atomic E-state index is -0.483. The Bertz CT molecular complexity index is 1300. The minimum absolute atomic E-state index is 0.120. The van der Waals surface area contributed by atoms with Crippen LogP contribution in [-0.4, -0.2) is 78.0 Å². The molecule has 8 nitrogen and oxygen atoms in total. The minimum Gasteiger partial charge on any atom is -0.383 e. The molecule has 1 aliphatic rings. The quantitative estimate of drug-likeness (QED) is 0.368. The second-order valence-electron chi connectivity index (χ2n) is 11.6. The highest BCUT2D eigenvalue weighted by Gasteiger charge is 2.40. The van der Waals surface area contributed by atoms with Gasteiger partial charge in [-0.1, -0.05) is 45.0 Å². The van der Waals surface area contributed by atoms with E-state index in [-0.39, 0.29) is 23.7 Å². The largest absolute Gasteiger partial charge is 0.383 e. The summed E-state index contributed by atoms with van der Waals surface area (Å²) in [5.74, 6) is -0.0755. The highest BCUT2D eigenvalue weighted by Crippen LogP contribution is 2.40. The van der Waals surface area contributed by atoms with Crippen molar-refractivity contribution in [2.24, 2.45) is 11.1 Å². The molecule has 1 aliphatic heterocycles. The lowest BCUT2D eigenvalue weighted by atomic mass is 9.84. The summed E-state index contributed by atoms with van der Waals surface area (Å²) in [5, 5.41) is 0. The second kappa shape index (κ2) is 13.5. The zero-order chi connectivity index (χ0) is 29.6. The molecule has 222 valence electrons. The fourth-order valence-corrected chi connectivity index (χ4v) is 5.26. The van der Waals surface area contributed by atoms with Crippen molar-refractivity contribution in [1.82, 2.24) is 19.4 Å². The SMILES string of the molecule is COC[C@@H](N)CCN(C(=O)N1CCOCC1)[C@@H](c1nc(-c2cccc(F)c2)cn1Cc1cccc(F)c1)C(C)(C)C. The number of carbonyl (C=O) groups excluding carboxylic acids is 1. The van der Waals surface area contributed by atoms with E-state index in [2.05, 4.69) is 20.8 Å². The van der Waals surface area contributed by atoms with Crippen LogP contribution < -0.4 is 5.73 Å². The molecule has 1 fully saturated rings. The van der Waals surface area contributed by atoms with Gasteiger partial charge in [-0.05, 0) is 41.7 Å². The lowest BCUT2D eigenvalue weighted by molar-refractivity contribution is 0.0272. The van der Waals surface area contributed by atoms with Crippen LogP contribution in [0.4, 0.5) is 13.6 Å². The van der Waals surface area contributed by atoms with E-state index < -0.39 is 11.5 Å². The number of rotatable bonds is 10. The van der Waals surface area contributed by atoms with Crippen LogP contribution >= 0.6 is 0 Å². The molecule has 4 rings (SSSR count). The lowest BCUT2D eigenvalue weighted by Crippen LogP contribution is -2.52. The number of morpholine rings is 1. The third-order valence-electron chi connectivity index (χ3n) is 7.20. The Kier molecular flexibility index (Phi) is 10.1. The number of imidazole rings is 1. The third kappa shape index (κ3) is 7.90. The first-order chi connectivity index (χ1) is 19.6. The molecule has 0 spiro atoms. The third-order valence-corrected chi connectivity index (χ3v) is 7.20. The number of aromatic nitrogens is 2. The van der Waals surface area contributed by atoms with E-state index in [0.717, 1.165) is 5.56 Å². The number of urea groups is 1. The second-order valence-corrected chi connectivity index (χ2v) is 11.6. The fourth-order valence-electron chi connectivity index (χ4n) is 5.26. The van der Waals surface area contributed by atoms with Crippen LogP contribution in [0.3, 0.4) is 0 Å². The standard InChI is InChI=1S/C31H41F2N5O3/c1-31(2,3)28(38(12-11-26(34)21-40-4)30(39)36-13-15-41-16-14-36)29-35-27(23-8-6-10-25(33)18-23)20-37(29)19-22-7-5-9-24(32)17-22/h5-10,17-18,20,26,28H,11-16,19,21,34H2,1-4H3/t26-,28-/m0/s1. The first kappa shape index (κ1) is 30.6. The monoisotopic (exact) mass is 569 g/mol. The molecule has 2 heterocycles. The predicted molar refractivity (Wildman–Crippen MR) is 154 cm³/mol. The van der Waals surface area contributed by atoms with Gasteiger partial charge in [0.25, 0.3) is 0 Å². The number of amides is 2. The zero-order valence-electron chi connectivity index (χ0n) is 24.4. The Morgan fingerprint density at radius 1 is 1.12 bits per heavy atom. The van der Waals surface area contributed by atoms with Crippen molar-refractivity contribution in [2.45, 2.75) is 45.8 Å². The number of nitrogens with zero attached hydrogens (tertiary/aromatic N) is 4. The molecule has 2 amide bonds. The summed E-state index contributed by atoms with van der Waals surface area (Å²) in [5.41, 5.74) is 7.78. The average Bonchev–Trinajstić information content (AvgIpc) is 3.33. The van der Waals surface area contributed by atoms with E-state index in [9.17, 15) is 13.6 Å². The summed E-state index contributed by atoms with van der Waals surface area (Å²) in [6, 6.07) is 11.8. The smallest absolute Gasteiger partial charge is 0.320 e. The van der Waals surface area contributed by atoms with Gasteiger partial charge in [0, 0.05) is 51.1 Å². The summed E-state index contributed by atoms with van der Waals surface area (Å²) < 4.78 is 41.1. The van der Waals surface area contributed by atoms with Gasteiger partial charge >= 0.3 is 6.03 Å². The normalized spacial score (nSPS) is 15.5. The van der Waals surface area contributed by atoms with Crippen LogP contribution in [-0.2, 0) is 16.0 Å². The highest BCUT2D eigenvalue weighted by atomic mass is 19.1. The molecular formula is C31H41F2N5O3. The van der Waals surface area contributed by atoms with Gasteiger partial charge in [0.2, 0.25) is 0 Å². The van der Waals surface area contributed by atoms with Gasteiger partial charge in [-0.25, -0.2) is 18.6 Å². The van der Waals surface area contributed by atoms with Crippen LogP contribution in [0.1, 0.15) is 44.6 Å². The summed E-state index contributed by atoms with van der Waals surface area (Å²) in [4.78, 5) is 22.8. The zero-order valence-corrected chi connectivity index (χ0v) is 24.4. The molecule has 1 saturated heterocycles. The Balaban J connectivity index is 1.83. The predicted octanol–water partition coefficient (Wildman–Crippen LogP) is 5.08. The number of hydrogen-bond acceptors (Lipinski definition) is 5. The molecule has 10 heteroatoms. The van der Waals surface area contributed by atoms with Gasteiger partial charge in [-0.15, -0.1) is 0 Å². The van der Waals surface area contributed by atoms with Gasteiger partial charge in [0.05, 0.1) is 31.6 Å². The van der Waals surface area contributed by atoms with Crippen molar-refractivity contribution >= 4 is 6.03 Å². The van der Waals surface area contributed by atoms with E-state index in [1.807, 2.05) is 21.7 Å². The number of carbonyl (C=O) groups is 1. The number of hydrogen-bond donors (Lipinski definition) is 1. The van der Waals surface area contributed by atoms with Crippen LogP contribution in [0.15, 0.2) is 54.7 Å². The summed E-state index contributed by atoms with van der Waals surface area (Å²) in [6.45, 7) is 9.19. The van der Waals surface area contributed by atoms with E-state index in [0.29, 0.717) is 69.5 Å². The van der Waals surface area contributed by atoms with Gasteiger partial charge in [-0.2, -0.15) is 0 Å². The summed E-state index contributed by atoms with van der Waals surface area (Å²) >= 11 is 0. The topological polar surface area (TPSA) is 85.8 Å². The maximum absolute atomic E-state index is 14.2. The van der Waals surface area contributed by atoms with Crippen LogP contribution in [0.5, 0.6) is 0 Å². The van der Waals surface area contributed by atoms with Crippen LogP contribution in [0.2, 0.25) is 0 Å². The highest BCUT2D eigenvalue weighted by molar-refractivity contribution is 5.75. The van der Waals surface area contributed by atoms with E-state index in [1.54, 1.807) is 30.2 Å². The number of halogens is 2. The molecule has 0 saturated carbocycles. The van der Waals surface area contributed by atoms with E-state index in [1.165, 1.54) is 24.3 Å². The first-order valence-electron chi connectivity index (χ1n) is 14.0. The van der Waals surface area contributed by atoms with Crippen LogP contribution in [0.25, 0.3) is 11.3 Å². The molecule has 0 unspecified atom stereocenters. The Hall–Kier alpha value is -3.34. The molecular weight excluding hydrogens is 528 g/mol. The van der Waals surface area contributed by atoms with Gasteiger partial charge in [0.1, 0.15) is 17.5 Å². The summed E-state index contributed by atoms with van der Waals surface area (Å²) in [7, 11) is 1.60. The van der Waals surface area contributed by atoms with Crippen molar-refractivity contribution in [3.8, 4) is 11.3 Å². The maximum atomic E-state index is 14.2. The number of methoxy groups -OCH3 is 1. The summed E-state index contributed by atoms with van der Waals surface area (Å²) in [6.07, 6.45) is 2.37.